The fourth-order valence-corrected chi connectivity index (χ4v) is 3.05. The molecule has 0 bridgehead atoms. The highest BCUT2D eigenvalue weighted by molar-refractivity contribution is 9.10. The maximum atomic E-state index is 13.2. The first kappa shape index (κ1) is 13.9. The summed E-state index contributed by atoms with van der Waals surface area (Å²) in [5.74, 6) is 0.675. The van der Waals surface area contributed by atoms with Crippen LogP contribution in [0, 0.1) is 5.82 Å². The predicted octanol–water partition coefficient (Wildman–Crippen LogP) is 4.77. The highest BCUT2D eigenvalue weighted by atomic mass is 79.9. The molecular weight excluding hydrogens is 389 g/mol. The largest absolute Gasteiger partial charge is 0.488 e. The highest BCUT2D eigenvalue weighted by Crippen LogP contribution is 2.31. The summed E-state index contributed by atoms with van der Waals surface area (Å²) >= 11 is 6.86. The van der Waals surface area contributed by atoms with E-state index in [0.29, 0.717) is 6.54 Å². The monoisotopic (exact) mass is 399 g/mol. The van der Waals surface area contributed by atoms with Gasteiger partial charge in [0.25, 0.3) is 0 Å². The summed E-state index contributed by atoms with van der Waals surface area (Å²) in [6.45, 7) is 0.633. The second-order valence-electron chi connectivity index (χ2n) is 4.70. The van der Waals surface area contributed by atoms with Crippen LogP contribution in [0.1, 0.15) is 5.56 Å². The summed E-state index contributed by atoms with van der Waals surface area (Å²) in [6, 6.07) is 10.6. The minimum absolute atomic E-state index is 0.0643. The van der Waals surface area contributed by atoms with Gasteiger partial charge in [-0.1, -0.05) is 15.9 Å². The van der Waals surface area contributed by atoms with Crippen molar-refractivity contribution in [2.45, 2.75) is 12.5 Å². The van der Waals surface area contributed by atoms with Crippen LogP contribution >= 0.6 is 31.9 Å². The first-order valence-electron chi connectivity index (χ1n) is 6.26. The van der Waals surface area contributed by atoms with Crippen LogP contribution in [0.15, 0.2) is 45.3 Å². The van der Waals surface area contributed by atoms with Gasteiger partial charge in [0.05, 0.1) is 12.2 Å². The molecule has 0 saturated heterocycles. The van der Waals surface area contributed by atoms with Crippen LogP contribution in [0.25, 0.3) is 0 Å². The average molecular weight is 401 g/mol. The van der Waals surface area contributed by atoms with E-state index in [0.717, 1.165) is 26.8 Å². The van der Waals surface area contributed by atoms with Crippen molar-refractivity contribution in [1.82, 2.24) is 0 Å². The van der Waals surface area contributed by atoms with Gasteiger partial charge < -0.3 is 10.1 Å². The normalized spacial score (nSPS) is 16.6. The molecule has 1 aliphatic heterocycles. The van der Waals surface area contributed by atoms with E-state index in [1.807, 2.05) is 12.1 Å². The number of halogens is 3. The molecule has 1 N–H and O–H groups in total. The van der Waals surface area contributed by atoms with Crippen molar-refractivity contribution in [2.75, 3.05) is 11.9 Å². The Labute approximate surface area is 133 Å². The predicted molar refractivity (Wildman–Crippen MR) is 84.9 cm³/mol. The van der Waals surface area contributed by atoms with Crippen LogP contribution in [-0.4, -0.2) is 12.6 Å². The van der Waals surface area contributed by atoms with E-state index in [-0.39, 0.29) is 11.9 Å². The zero-order valence-electron chi connectivity index (χ0n) is 10.5. The molecule has 1 heterocycles. The van der Waals surface area contributed by atoms with Gasteiger partial charge >= 0.3 is 0 Å². The molecule has 0 aromatic heterocycles. The zero-order chi connectivity index (χ0) is 14.1. The Kier molecular flexibility index (Phi) is 3.98. The molecule has 20 heavy (non-hydrogen) atoms. The topological polar surface area (TPSA) is 21.3 Å². The standard InChI is InChI=1S/C15H12Br2FNO/c16-10-1-4-15-9(5-10)6-12(20-15)8-19-14-7-11(18)2-3-13(14)17/h1-5,7,12,19H,6,8H2. The van der Waals surface area contributed by atoms with Crippen LogP contribution < -0.4 is 10.1 Å². The van der Waals surface area contributed by atoms with Crippen LogP contribution in [0.4, 0.5) is 10.1 Å². The van der Waals surface area contributed by atoms with Gasteiger partial charge in [-0.25, -0.2) is 4.39 Å². The van der Waals surface area contributed by atoms with Crippen LogP contribution in [0.3, 0.4) is 0 Å². The maximum absolute atomic E-state index is 13.2. The smallest absolute Gasteiger partial charge is 0.125 e. The van der Waals surface area contributed by atoms with E-state index >= 15 is 0 Å². The van der Waals surface area contributed by atoms with Crippen molar-refractivity contribution in [3.05, 3.63) is 56.7 Å². The highest BCUT2D eigenvalue weighted by Gasteiger charge is 2.22. The SMILES string of the molecule is Fc1ccc(Br)c(NCC2Cc3cc(Br)ccc3O2)c1. The van der Waals surface area contributed by atoms with Crippen molar-refractivity contribution < 1.29 is 9.13 Å². The van der Waals surface area contributed by atoms with E-state index < -0.39 is 0 Å². The van der Waals surface area contributed by atoms with Gasteiger partial charge in [0.15, 0.2) is 0 Å². The van der Waals surface area contributed by atoms with Gasteiger partial charge in [0.2, 0.25) is 0 Å². The average Bonchev–Trinajstić information content (AvgIpc) is 2.81. The molecule has 1 aliphatic rings. The minimum atomic E-state index is -0.254. The first-order chi connectivity index (χ1) is 9.61. The van der Waals surface area contributed by atoms with Crippen LogP contribution in [-0.2, 0) is 6.42 Å². The second kappa shape index (κ2) is 5.74. The molecule has 0 saturated carbocycles. The summed E-state index contributed by atoms with van der Waals surface area (Å²) in [4.78, 5) is 0. The Hall–Kier alpha value is -1.07. The molecule has 0 amide bonds. The molecule has 0 fully saturated rings. The lowest BCUT2D eigenvalue weighted by molar-refractivity contribution is 0.246. The van der Waals surface area contributed by atoms with Crippen molar-refractivity contribution in [3.63, 3.8) is 0 Å². The van der Waals surface area contributed by atoms with Gasteiger partial charge in [0, 0.05) is 15.4 Å². The molecule has 3 rings (SSSR count). The van der Waals surface area contributed by atoms with Gasteiger partial charge in [-0.05, 0) is 57.9 Å². The van der Waals surface area contributed by atoms with E-state index in [2.05, 4.69) is 43.2 Å². The van der Waals surface area contributed by atoms with Crippen molar-refractivity contribution >= 4 is 37.5 Å². The lowest BCUT2D eigenvalue weighted by Gasteiger charge is -2.14. The lowest BCUT2D eigenvalue weighted by atomic mass is 10.1. The molecule has 2 nitrogen and oxygen atoms in total. The molecule has 1 unspecified atom stereocenters. The maximum Gasteiger partial charge on any atom is 0.125 e. The van der Waals surface area contributed by atoms with E-state index in [1.165, 1.54) is 17.7 Å². The van der Waals surface area contributed by atoms with Gasteiger partial charge in [-0.15, -0.1) is 0 Å². The number of fused-ring (bicyclic) bond motifs is 1. The van der Waals surface area contributed by atoms with Gasteiger partial charge in [-0.2, -0.15) is 0 Å². The fraction of sp³-hybridized carbons (Fsp3) is 0.200. The Morgan fingerprint density at radius 2 is 2.05 bits per heavy atom. The third kappa shape index (κ3) is 2.99. The number of benzene rings is 2. The zero-order valence-corrected chi connectivity index (χ0v) is 13.7. The summed E-state index contributed by atoms with van der Waals surface area (Å²) in [5.41, 5.74) is 1.94. The summed E-state index contributed by atoms with van der Waals surface area (Å²) < 4.78 is 21.0. The summed E-state index contributed by atoms with van der Waals surface area (Å²) in [6.07, 6.45) is 0.920. The quantitative estimate of drug-likeness (QED) is 0.801. The Balaban J connectivity index is 1.65. The molecular formula is C15H12Br2FNO. The fourth-order valence-electron chi connectivity index (χ4n) is 2.26. The van der Waals surface area contributed by atoms with Crippen molar-refractivity contribution in [1.29, 1.82) is 0 Å². The molecule has 0 spiro atoms. The summed E-state index contributed by atoms with van der Waals surface area (Å²) in [5, 5.41) is 3.22. The molecule has 104 valence electrons. The molecule has 0 radical (unpaired) electrons. The van der Waals surface area contributed by atoms with E-state index in [9.17, 15) is 4.39 Å². The molecule has 2 aromatic rings. The number of anilines is 1. The number of nitrogens with one attached hydrogen (secondary N) is 1. The van der Waals surface area contributed by atoms with Gasteiger partial charge in [-0.3, -0.25) is 0 Å². The number of hydrogen-bond acceptors (Lipinski definition) is 2. The molecule has 2 aromatic carbocycles. The third-order valence-corrected chi connectivity index (χ3v) is 4.40. The number of ether oxygens (including phenoxy) is 1. The molecule has 1 atom stereocenters. The second-order valence-corrected chi connectivity index (χ2v) is 6.47. The Morgan fingerprint density at radius 1 is 1.20 bits per heavy atom. The number of hydrogen-bond donors (Lipinski definition) is 1. The van der Waals surface area contributed by atoms with Crippen LogP contribution in [0.5, 0.6) is 5.75 Å². The minimum Gasteiger partial charge on any atom is -0.488 e. The molecule has 0 aliphatic carbocycles. The van der Waals surface area contributed by atoms with Crippen LogP contribution in [0.2, 0.25) is 0 Å². The Bertz CT molecular complexity index is 648. The number of rotatable bonds is 3. The first-order valence-corrected chi connectivity index (χ1v) is 7.84. The Morgan fingerprint density at radius 3 is 2.90 bits per heavy atom. The lowest BCUT2D eigenvalue weighted by Crippen LogP contribution is -2.24. The van der Waals surface area contributed by atoms with Crippen molar-refractivity contribution in [2.24, 2.45) is 0 Å². The van der Waals surface area contributed by atoms with E-state index in [4.69, 9.17) is 4.74 Å². The van der Waals surface area contributed by atoms with Crippen molar-refractivity contribution in [3.8, 4) is 5.75 Å². The summed E-state index contributed by atoms with van der Waals surface area (Å²) in [7, 11) is 0. The third-order valence-electron chi connectivity index (χ3n) is 3.21. The molecule has 5 heteroatoms. The van der Waals surface area contributed by atoms with E-state index in [1.54, 1.807) is 6.07 Å². The van der Waals surface area contributed by atoms with Gasteiger partial charge in [0.1, 0.15) is 17.7 Å².